The predicted molar refractivity (Wildman–Crippen MR) is 132 cm³/mol. The molecule has 2 aliphatic heterocycles. The summed E-state index contributed by atoms with van der Waals surface area (Å²) in [5, 5.41) is 2.98. The molecule has 176 valence electrons. The number of nitrogens with zero attached hydrogens (tertiary/aromatic N) is 3. The lowest BCUT2D eigenvalue weighted by molar-refractivity contribution is -0.142. The van der Waals surface area contributed by atoms with E-state index in [1.807, 2.05) is 42.2 Å². The van der Waals surface area contributed by atoms with Crippen LogP contribution in [0.2, 0.25) is 0 Å². The van der Waals surface area contributed by atoms with Crippen molar-refractivity contribution in [2.24, 2.45) is 5.92 Å². The normalized spacial score (nSPS) is 19.4. The van der Waals surface area contributed by atoms with Gasteiger partial charge >= 0.3 is 6.03 Å². The molecule has 2 aliphatic rings. The van der Waals surface area contributed by atoms with Crippen LogP contribution >= 0.6 is 0 Å². The summed E-state index contributed by atoms with van der Waals surface area (Å²) in [4.78, 5) is 32.3. The van der Waals surface area contributed by atoms with Crippen molar-refractivity contribution in [2.75, 3.05) is 38.0 Å². The molecule has 0 radical (unpaired) electrons. The van der Waals surface area contributed by atoms with Crippen molar-refractivity contribution < 1.29 is 9.59 Å². The van der Waals surface area contributed by atoms with Crippen molar-refractivity contribution in [3.8, 4) is 0 Å². The van der Waals surface area contributed by atoms with Gasteiger partial charge in [0.2, 0.25) is 5.91 Å². The molecule has 1 N–H and O–H groups in total. The Morgan fingerprint density at radius 1 is 0.939 bits per heavy atom. The van der Waals surface area contributed by atoms with E-state index < -0.39 is 0 Å². The smallest absolute Gasteiger partial charge is 0.321 e. The number of rotatable bonds is 4. The molecule has 6 nitrogen and oxygen atoms in total. The summed E-state index contributed by atoms with van der Waals surface area (Å²) in [6, 6.07) is 18.3. The van der Waals surface area contributed by atoms with Crippen molar-refractivity contribution in [1.82, 2.24) is 14.7 Å². The number of nitrogens with one attached hydrogen (secondary N) is 1. The first-order chi connectivity index (χ1) is 15.8. The fourth-order valence-corrected chi connectivity index (χ4v) is 4.99. The second-order valence-corrected chi connectivity index (χ2v) is 10.0. The molecular weight excluding hydrogens is 412 g/mol. The second-order valence-electron chi connectivity index (χ2n) is 10.0. The monoisotopic (exact) mass is 448 g/mol. The molecule has 33 heavy (non-hydrogen) atoms. The quantitative estimate of drug-likeness (QED) is 0.756. The highest BCUT2D eigenvalue weighted by atomic mass is 16.2. The molecule has 2 aromatic rings. The number of hydrogen-bond acceptors (Lipinski definition) is 3. The van der Waals surface area contributed by atoms with Gasteiger partial charge in [-0.1, -0.05) is 42.5 Å². The fraction of sp³-hybridized carbons (Fsp3) is 0.481. The van der Waals surface area contributed by atoms with Crippen LogP contribution in [0.15, 0.2) is 54.6 Å². The summed E-state index contributed by atoms with van der Waals surface area (Å²) in [6.45, 7) is 11.0. The van der Waals surface area contributed by atoms with E-state index in [1.54, 1.807) is 0 Å². The maximum atomic E-state index is 13.3. The number of piperazine rings is 1. The summed E-state index contributed by atoms with van der Waals surface area (Å²) in [6.07, 6.45) is 1.45. The molecule has 0 unspecified atom stereocenters. The van der Waals surface area contributed by atoms with Gasteiger partial charge in [-0.05, 0) is 56.9 Å². The average molecular weight is 449 g/mol. The number of aryl methyl sites for hydroxylation is 1. The van der Waals surface area contributed by atoms with E-state index in [1.165, 1.54) is 5.56 Å². The Hall–Kier alpha value is -2.86. The van der Waals surface area contributed by atoms with Crippen LogP contribution in [-0.4, -0.2) is 64.9 Å². The number of piperidine rings is 1. The van der Waals surface area contributed by atoms with Gasteiger partial charge in [-0.25, -0.2) is 4.79 Å². The van der Waals surface area contributed by atoms with Gasteiger partial charge in [0.05, 0.1) is 0 Å². The number of hydrogen-bond donors (Lipinski definition) is 1. The Morgan fingerprint density at radius 2 is 1.67 bits per heavy atom. The molecule has 3 amide bonds. The highest BCUT2D eigenvalue weighted by Gasteiger charge is 2.38. The molecule has 2 aromatic carbocycles. The third kappa shape index (κ3) is 5.74. The van der Waals surface area contributed by atoms with Crippen molar-refractivity contribution in [3.63, 3.8) is 0 Å². The van der Waals surface area contributed by atoms with Crippen LogP contribution in [0.25, 0.3) is 0 Å². The van der Waals surface area contributed by atoms with Gasteiger partial charge in [-0.3, -0.25) is 9.69 Å². The van der Waals surface area contributed by atoms with E-state index in [0.717, 1.165) is 50.3 Å². The Bertz CT molecular complexity index is 967. The lowest BCUT2D eigenvalue weighted by atomic mass is 9.92. The molecule has 0 spiro atoms. The van der Waals surface area contributed by atoms with Crippen LogP contribution in [0.4, 0.5) is 10.5 Å². The van der Waals surface area contributed by atoms with Crippen LogP contribution in [0, 0.1) is 12.8 Å². The highest BCUT2D eigenvalue weighted by Crippen LogP contribution is 2.27. The Labute approximate surface area is 197 Å². The van der Waals surface area contributed by atoms with E-state index in [4.69, 9.17) is 0 Å². The highest BCUT2D eigenvalue weighted by molar-refractivity contribution is 5.89. The molecule has 0 saturated carbocycles. The lowest BCUT2D eigenvalue weighted by Crippen LogP contribution is -2.61. The van der Waals surface area contributed by atoms with Crippen LogP contribution in [0.5, 0.6) is 0 Å². The van der Waals surface area contributed by atoms with Crippen molar-refractivity contribution in [3.05, 3.63) is 65.7 Å². The van der Waals surface area contributed by atoms with Crippen molar-refractivity contribution in [2.45, 2.75) is 45.7 Å². The summed E-state index contributed by atoms with van der Waals surface area (Å²) in [5.41, 5.74) is 3.16. The Kier molecular flexibility index (Phi) is 7.03. The Morgan fingerprint density at radius 3 is 2.33 bits per heavy atom. The number of amides is 3. The lowest BCUT2D eigenvalue weighted by Gasteiger charge is -2.48. The first-order valence-corrected chi connectivity index (χ1v) is 12.0. The zero-order valence-corrected chi connectivity index (χ0v) is 20.1. The van der Waals surface area contributed by atoms with E-state index in [0.29, 0.717) is 13.1 Å². The van der Waals surface area contributed by atoms with E-state index in [9.17, 15) is 9.59 Å². The second kappa shape index (κ2) is 9.96. The summed E-state index contributed by atoms with van der Waals surface area (Å²) in [7, 11) is 0. The average Bonchev–Trinajstić information content (AvgIpc) is 2.80. The van der Waals surface area contributed by atoms with E-state index >= 15 is 0 Å². The standard InChI is InChI=1S/C27H36N4O2/c1-21-8-7-11-24(18-21)28-26(33)29-14-12-23(13-15-29)25(32)30-16-17-31(27(2,3)20-30)19-22-9-5-4-6-10-22/h4-11,18,23H,12-17,19-20H2,1-3H3,(H,28,33). The van der Waals surface area contributed by atoms with Gasteiger partial charge < -0.3 is 15.1 Å². The van der Waals surface area contributed by atoms with Gasteiger partial charge in [0, 0.05) is 56.4 Å². The minimum atomic E-state index is -0.0813. The molecule has 0 bridgehead atoms. The molecule has 2 heterocycles. The minimum Gasteiger partial charge on any atom is -0.339 e. The fourth-order valence-electron chi connectivity index (χ4n) is 4.99. The maximum absolute atomic E-state index is 13.3. The zero-order chi connectivity index (χ0) is 23.4. The number of likely N-dealkylation sites (tertiary alicyclic amines) is 1. The molecule has 0 aliphatic carbocycles. The van der Waals surface area contributed by atoms with Crippen LogP contribution in [-0.2, 0) is 11.3 Å². The molecule has 0 aromatic heterocycles. The van der Waals surface area contributed by atoms with Crippen LogP contribution in [0.3, 0.4) is 0 Å². The van der Waals surface area contributed by atoms with Gasteiger partial charge in [-0.15, -0.1) is 0 Å². The van der Waals surface area contributed by atoms with Crippen molar-refractivity contribution >= 4 is 17.6 Å². The van der Waals surface area contributed by atoms with Gasteiger partial charge in [0.25, 0.3) is 0 Å². The number of carbonyl (C=O) groups is 2. The maximum Gasteiger partial charge on any atom is 0.321 e. The third-order valence-electron chi connectivity index (χ3n) is 7.00. The van der Waals surface area contributed by atoms with Crippen LogP contribution < -0.4 is 5.32 Å². The van der Waals surface area contributed by atoms with Gasteiger partial charge in [0.1, 0.15) is 0 Å². The van der Waals surface area contributed by atoms with E-state index in [-0.39, 0.29) is 23.4 Å². The molecular formula is C27H36N4O2. The molecule has 4 rings (SSSR count). The van der Waals surface area contributed by atoms with Crippen molar-refractivity contribution in [1.29, 1.82) is 0 Å². The largest absolute Gasteiger partial charge is 0.339 e. The number of benzene rings is 2. The molecule has 2 saturated heterocycles. The first-order valence-electron chi connectivity index (χ1n) is 12.0. The predicted octanol–water partition coefficient (Wildman–Crippen LogP) is 4.36. The summed E-state index contributed by atoms with van der Waals surface area (Å²) < 4.78 is 0. The topological polar surface area (TPSA) is 55.9 Å². The molecule has 2 fully saturated rings. The third-order valence-corrected chi connectivity index (χ3v) is 7.00. The van der Waals surface area contributed by atoms with Gasteiger partial charge in [-0.2, -0.15) is 0 Å². The SMILES string of the molecule is Cc1cccc(NC(=O)N2CCC(C(=O)N3CCN(Cc4ccccc4)C(C)(C)C3)CC2)c1. The molecule has 6 heteroatoms. The summed E-state index contributed by atoms with van der Waals surface area (Å²) >= 11 is 0. The zero-order valence-electron chi connectivity index (χ0n) is 20.1. The van der Waals surface area contributed by atoms with Crippen LogP contribution in [0.1, 0.15) is 37.8 Å². The first kappa shape index (κ1) is 23.3. The van der Waals surface area contributed by atoms with Gasteiger partial charge in [0.15, 0.2) is 0 Å². The summed E-state index contributed by atoms with van der Waals surface area (Å²) in [5.74, 6) is 0.255. The number of anilines is 1. The number of urea groups is 1. The Balaban J connectivity index is 1.28. The van der Waals surface area contributed by atoms with E-state index in [2.05, 4.69) is 53.2 Å². The number of carbonyl (C=O) groups excluding carboxylic acids is 2. The minimum absolute atomic E-state index is 0.00416. The molecule has 0 atom stereocenters.